The first-order valence-electron chi connectivity index (χ1n) is 8.85. The van der Waals surface area contributed by atoms with Crippen LogP contribution in [0, 0.1) is 11.7 Å². The zero-order valence-corrected chi connectivity index (χ0v) is 15.9. The molecule has 3 amide bonds. The lowest BCUT2D eigenvalue weighted by Gasteiger charge is -2.30. The summed E-state index contributed by atoms with van der Waals surface area (Å²) in [6.07, 6.45) is 2.34. The molecule has 0 saturated carbocycles. The number of carbonyl (C=O) groups excluding carboxylic acids is 3. The summed E-state index contributed by atoms with van der Waals surface area (Å²) in [5.74, 6) is -1.39. The summed E-state index contributed by atoms with van der Waals surface area (Å²) in [4.78, 5) is 39.0. The van der Waals surface area contributed by atoms with Gasteiger partial charge in [0.1, 0.15) is 5.82 Å². The van der Waals surface area contributed by atoms with Gasteiger partial charge in [-0.1, -0.05) is 18.7 Å². The molecule has 1 saturated heterocycles. The number of likely N-dealkylation sites (tertiary alicyclic amines) is 1. The van der Waals surface area contributed by atoms with E-state index in [-0.39, 0.29) is 23.5 Å². The molecule has 1 fully saturated rings. The topological polar surface area (TPSA) is 78.5 Å². The molecular formula is C20H20FN3O3S. The Morgan fingerprint density at radius 3 is 2.39 bits per heavy atom. The summed E-state index contributed by atoms with van der Waals surface area (Å²) < 4.78 is 13.0. The van der Waals surface area contributed by atoms with Crippen LogP contribution in [0.4, 0.5) is 4.39 Å². The monoisotopic (exact) mass is 401 g/mol. The number of hydrogen-bond donors (Lipinski definition) is 2. The van der Waals surface area contributed by atoms with Gasteiger partial charge in [0.05, 0.1) is 4.88 Å². The zero-order valence-electron chi connectivity index (χ0n) is 15.1. The number of carbonyl (C=O) groups is 3. The van der Waals surface area contributed by atoms with E-state index in [0.717, 1.165) is 10.4 Å². The fourth-order valence-corrected chi connectivity index (χ4v) is 3.91. The van der Waals surface area contributed by atoms with Crippen molar-refractivity contribution in [3.63, 3.8) is 0 Å². The van der Waals surface area contributed by atoms with Crippen molar-refractivity contribution in [1.29, 1.82) is 0 Å². The van der Waals surface area contributed by atoms with Gasteiger partial charge in [0.15, 0.2) is 0 Å². The fourth-order valence-electron chi connectivity index (χ4n) is 3.00. The highest BCUT2D eigenvalue weighted by atomic mass is 32.1. The van der Waals surface area contributed by atoms with Gasteiger partial charge < -0.3 is 4.90 Å². The molecular weight excluding hydrogens is 381 g/mol. The fraction of sp³-hybridized carbons (Fsp3) is 0.250. The summed E-state index contributed by atoms with van der Waals surface area (Å²) in [7, 11) is 0. The van der Waals surface area contributed by atoms with Gasteiger partial charge in [0, 0.05) is 23.9 Å². The van der Waals surface area contributed by atoms with Crippen LogP contribution < -0.4 is 10.9 Å². The van der Waals surface area contributed by atoms with Gasteiger partial charge in [-0.2, -0.15) is 0 Å². The highest BCUT2D eigenvalue weighted by Crippen LogP contribution is 2.28. The Hall–Kier alpha value is -3.00. The second kappa shape index (κ2) is 8.79. The lowest BCUT2D eigenvalue weighted by Crippen LogP contribution is -2.47. The molecule has 0 aliphatic carbocycles. The van der Waals surface area contributed by atoms with E-state index in [4.69, 9.17) is 0 Å². The number of halogens is 1. The Bertz CT molecular complexity index is 886. The first-order valence-corrected chi connectivity index (χ1v) is 9.67. The molecule has 0 bridgehead atoms. The Balaban J connectivity index is 1.50. The predicted molar refractivity (Wildman–Crippen MR) is 105 cm³/mol. The molecule has 0 radical (unpaired) electrons. The third-order valence-corrected chi connectivity index (χ3v) is 5.74. The van der Waals surface area contributed by atoms with Gasteiger partial charge in [0.2, 0.25) is 11.8 Å². The summed E-state index contributed by atoms with van der Waals surface area (Å²) in [5.41, 5.74) is 5.71. The number of piperidine rings is 1. The molecule has 1 aliphatic heterocycles. The van der Waals surface area contributed by atoms with Crippen LogP contribution in [0.5, 0.6) is 0 Å². The van der Waals surface area contributed by atoms with Crippen molar-refractivity contribution < 1.29 is 18.8 Å². The first-order chi connectivity index (χ1) is 13.5. The normalized spacial score (nSPS) is 14.4. The van der Waals surface area contributed by atoms with Gasteiger partial charge in [-0.3, -0.25) is 25.2 Å². The molecule has 2 aromatic rings. The van der Waals surface area contributed by atoms with E-state index in [2.05, 4.69) is 17.4 Å². The number of nitrogens with one attached hydrogen (secondary N) is 2. The lowest BCUT2D eigenvalue weighted by molar-refractivity contribution is -0.132. The van der Waals surface area contributed by atoms with Crippen molar-refractivity contribution in [2.75, 3.05) is 13.1 Å². The van der Waals surface area contributed by atoms with Gasteiger partial charge >= 0.3 is 0 Å². The summed E-state index contributed by atoms with van der Waals surface area (Å²) >= 11 is 1.25. The van der Waals surface area contributed by atoms with Gasteiger partial charge in [-0.25, -0.2) is 4.39 Å². The van der Waals surface area contributed by atoms with Crippen LogP contribution in [-0.4, -0.2) is 35.7 Å². The number of hydrogen-bond acceptors (Lipinski definition) is 4. The van der Waals surface area contributed by atoms with Crippen LogP contribution in [0.25, 0.3) is 10.4 Å². The largest absolute Gasteiger partial charge is 0.339 e. The minimum Gasteiger partial charge on any atom is -0.339 e. The molecule has 0 atom stereocenters. The molecule has 8 heteroatoms. The molecule has 2 N–H and O–H groups in total. The molecule has 1 aromatic carbocycles. The van der Waals surface area contributed by atoms with E-state index in [1.807, 2.05) is 0 Å². The van der Waals surface area contributed by atoms with Crippen LogP contribution in [0.2, 0.25) is 0 Å². The molecule has 0 unspecified atom stereocenters. The van der Waals surface area contributed by atoms with Crippen molar-refractivity contribution >= 4 is 29.1 Å². The third kappa shape index (κ3) is 4.64. The highest BCUT2D eigenvalue weighted by Gasteiger charge is 2.26. The maximum atomic E-state index is 13.0. The van der Waals surface area contributed by atoms with Crippen LogP contribution >= 0.6 is 11.3 Å². The molecule has 0 spiro atoms. The molecule has 146 valence electrons. The van der Waals surface area contributed by atoms with Crippen LogP contribution in [0.3, 0.4) is 0 Å². The van der Waals surface area contributed by atoms with E-state index in [9.17, 15) is 18.8 Å². The van der Waals surface area contributed by atoms with E-state index >= 15 is 0 Å². The van der Waals surface area contributed by atoms with Crippen molar-refractivity contribution in [2.24, 2.45) is 5.92 Å². The summed E-state index contributed by atoms with van der Waals surface area (Å²) in [5, 5.41) is 0. The third-order valence-electron chi connectivity index (χ3n) is 4.61. The number of benzene rings is 1. The van der Waals surface area contributed by atoms with Crippen molar-refractivity contribution in [3.8, 4) is 10.4 Å². The molecule has 28 heavy (non-hydrogen) atoms. The van der Waals surface area contributed by atoms with Crippen LogP contribution in [0.15, 0.2) is 49.1 Å². The van der Waals surface area contributed by atoms with Crippen molar-refractivity contribution in [3.05, 3.63) is 59.7 Å². The maximum absolute atomic E-state index is 13.0. The maximum Gasteiger partial charge on any atom is 0.279 e. The summed E-state index contributed by atoms with van der Waals surface area (Å²) in [6, 6.07) is 9.46. The molecule has 2 heterocycles. The lowest BCUT2D eigenvalue weighted by atomic mass is 9.96. The number of nitrogens with zero attached hydrogens (tertiary/aromatic N) is 1. The highest BCUT2D eigenvalue weighted by molar-refractivity contribution is 7.17. The average Bonchev–Trinajstić information content (AvgIpc) is 3.22. The number of amides is 3. The second-order valence-electron chi connectivity index (χ2n) is 6.42. The van der Waals surface area contributed by atoms with Crippen molar-refractivity contribution in [1.82, 2.24) is 15.8 Å². The van der Waals surface area contributed by atoms with Gasteiger partial charge in [-0.15, -0.1) is 11.3 Å². The minimum absolute atomic E-state index is 0.137. The minimum atomic E-state index is -0.411. The van der Waals surface area contributed by atoms with Crippen molar-refractivity contribution in [2.45, 2.75) is 12.8 Å². The van der Waals surface area contributed by atoms with Gasteiger partial charge in [-0.05, 0) is 48.7 Å². The first kappa shape index (κ1) is 19.8. The Labute approximate surface area is 166 Å². The quantitative estimate of drug-likeness (QED) is 0.611. The van der Waals surface area contributed by atoms with E-state index in [0.29, 0.717) is 30.8 Å². The number of rotatable bonds is 4. The zero-order chi connectivity index (χ0) is 20.1. The smallest absolute Gasteiger partial charge is 0.279 e. The Kier molecular flexibility index (Phi) is 6.20. The number of thiophene rings is 1. The summed E-state index contributed by atoms with van der Waals surface area (Å²) in [6.45, 7) is 4.44. The molecule has 1 aromatic heterocycles. The Morgan fingerprint density at radius 1 is 1.07 bits per heavy atom. The molecule has 6 nitrogen and oxygen atoms in total. The Morgan fingerprint density at radius 2 is 1.75 bits per heavy atom. The average molecular weight is 401 g/mol. The van der Waals surface area contributed by atoms with E-state index in [1.54, 1.807) is 29.2 Å². The standard InChI is InChI=1S/C20H20FN3O3S/c1-2-18(25)24-11-9-14(10-12-24)19(26)22-23-20(27)17-8-7-16(28-17)13-3-5-15(21)6-4-13/h2-8,14H,1,9-12H2,(H,22,26)(H,23,27). The molecule has 3 rings (SSSR count). The number of hydrazine groups is 1. The predicted octanol–water partition coefficient (Wildman–Crippen LogP) is 2.74. The second-order valence-corrected chi connectivity index (χ2v) is 7.50. The SMILES string of the molecule is C=CC(=O)N1CCC(C(=O)NNC(=O)c2ccc(-c3ccc(F)cc3)s2)CC1. The van der Waals surface area contributed by atoms with Crippen LogP contribution in [0.1, 0.15) is 22.5 Å². The van der Waals surface area contributed by atoms with Crippen LogP contribution in [-0.2, 0) is 9.59 Å². The van der Waals surface area contributed by atoms with Gasteiger partial charge in [0.25, 0.3) is 5.91 Å². The van der Waals surface area contributed by atoms with E-state index < -0.39 is 5.91 Å². The molecule has 1 aliphatic rings. The van der Waals surface area contributed by atoms with E-state index in [1.165, 1.54) is 29.5 Å².